The van der Waals surface area contributed by atoms with Gasteiger partial charge < -0.3 is 14.7 Å². The van der Waals surface area contributed by atoms with Crippen LogP contribution in [0.5, 0.6) is 0 Å². The summed E-state index contributed by atoms with van der Waals surface area (Å²) < 4.78 is 6.61. The Morgan fingerprint density at radius 1 is 1.50 bits per heavy atom. The molecule has 3 rings (SSSR count). The van der Waals surface area contributed by atoms with Crippen molar-refractivity contribution < 1.29 is 9.84 Å². The van der Waals surface area contributed by atoms with Crippen molar-refractivity contribution in [1.82, 2.24) is 4.98 Å². The monoisotopic (exact) mass is 340 g/mol. The minimum absolute atomic E-state index is 0.157. The van der Waals surface area contributed by atoms with Crippen LogP contribution in [0.3, 0.4) is 0 Å². The summed E-state index contributed by atoms with van der Waals surface area (Å²) >= 11 is 3.42. The molecule has 2 saturated heterocycles. The summed E-state index contributed by atoms with van der Waals surface area (Å²) in [6.45, 7) is 4.26. The molecule has 110 valence electrons. The molecular formula is C15H21BrN2O2. The van der Waals surface area contributed by atoms with E-state index in [1.807, 2.05) is 25.3 Å². The van der Waals surface area contributed by atoms with Crippen molar-refractivity contribution in [3.63, 3.8) is 0 Å². The predicted molar refractivity (Wildman–Crippen MR) is 81.9 cm³/mol. The van der Waals surface area contributed by atoms with Gasteiger partial charge >= 0.3 is 0 Å². The fraction of sp³-hybridized carbons (Fsp3) is 0.667. The van der Waals surface area contributed by atoms with Crippen molar-refractivity contribution in [3.8, 4) is 0 Å². The Balaban J connectivity index is 1.83. The Morgan fingerprint density at radius 3 is 3.05 bits per heavy atom. The molecule has 0 aromatic carbocycles. The van der Waals surface area contributed by atoms with Crippen molar-refractivity contribution in [2.24, 2.45) is 5.92 Å². The molecule has 0 amide bonds. The van der Waals surface area contributed by atoms with Crippen LogP contribution < -0.4 is 4.90 Å². The van der Waals surface area contributed by atoms with E-state index in [0.29, 0.717) is 19.3 Å². The summed E-state index contributed by atoms with van der Waals surface area (Å²) in [4.78, 5) is 6.84. The molecule has 4 nitrogen and oxygen atoms in total. The van der Waals surface area contributed by atoms with Gasteiger partial charge in [0.2, 0.25) is 0 Å². The third kappa shape index (κ3) is 2.71. The van der Waals surface area contributed by atoms with Crippen LogP contribution in [-0.2, 0) is 4.74 Å². The largest absolute Gasteiger partial charge is 0.390 e. The topological polar surface area (TPSA) is 45.6 Å². The Hall–Kier alpha value is -0.650. The quantitative estimate of drug-likeness (QED) is 0.898. The predicted octanol–water partition coefficient (Wildman–Crippen LogP) is 2.60. The summed E-state index contributed by atoms with van der Waals surface area (Å²) in [5.41, 5.74) is -0.638. The molecule has 2 aliphatic heterocycles. The molecule has 3 heterocycles. The van der Waals surface area contributed by atoms with Gasteiger partial charge in [0.25, 0.3) is 0 Å². The van der Waals surface area contributed by atoms with Gasteiger partial charge in [-0.1, -0.05) is 0 Å². The Morgan fingerprint density at radius 2 is 2.35 bits per heavy atom. The first-order chi connectivity index (χ1) is 9.58. The van der Waals surface area contributed by atoms with E-state index in [4.69, 9.17) is 4.74 Å². The smallest absolute Gasteiger partial charge is 0.128 e. The fourth-order valence-electron chi connectivity index (χ4n) is 3.41. The van der Waals surface area contributed by atoms with Crippen LogP contribution in [0, 0.1) is 5.92 Å². The Bertz CT molecular complexity index is 463. The SMILES string of the molecule is C[C@]1(O)CCOC[C@H]1[C@H]1CCCN1c1ccc(Br)cn1. The summed E-state index contributed by atoms with van der Waals surface area (Å²) in [5.74, 6) is 1.15. The van der Waals surface area contributed by atoms with Crippen LogP contribution in [0.4, 0.5) is 5.82 Å². The van der Waals surface area contributed by atoms with Gasteiger partial charge in [-0.15, -0.1) is 0 Å². The molecule has 5 heteroatoms. The molecule has 0 saturated carbocycles. The van der Waals surface area contributed by atoms with Crippen LogP contribution in [0.1, 0.15) is 26.2 Å². The number of rotatable bonds is 2. The standard InChI is InChI=1S/C15H21BrN2O2/c1-15(19)6-8-20-10-12(15)13-3-2-7-18(13)14-5-4-11(16)9-17-14/h4-5,9,12-13,19H,2-3,6-8,10H2,1H3/t12-,13+,15-/m0/s1. The number of ether oxygens (including phenoxy) is 1. The number of hydrogen-bond donors (Lipinski definition) is 1. The maximum Gasteiger partial charge on any atom is 0.128 e. The lowest BCUT2D eigenvalue weighted by molar-refractivity contribution is -0.108. The number of aromatic nitrogens is 1. The van der Waals surface area contributed by atoms with E-state index in [9.17, 15) is 5.11 Å². The van der Waals surface area contributed by atoms with Gasteiger partial charge in [0.1, 0.15) is 5.82 Å². The van der Waals surface area contributed by atoms with E-state index >= 15 is 0 Å². The highest BCUT2D eigenvalue weighted by molar-refractivity contribution is 9.10. The lowest BCUT2D eigenvalue weighted by atomic mass is 9.79. The first-order valence-electron chi connectivity index (χ1n) is 7.26. The maximum atomic E-state index is 10.7. The van der Waals surface area contributed by atoms with Gasteiger partial charge in [0.15, 0.2) is 0 Å². The van der Waals surface area contributed by atoms with E-state index in [1.54, 1.807) is 0 Å². The Kier molecular flexibility index (Phi) is 4.02. The van der Waals surface area contributed by atoms with Gasteiger partial charge in [0.05, 0.1) is 12.2 Å². The summed E-state index contributed by atoms with van der Waals surface area (Å²) in [6.07, 6.45) is 4.80. The minimum atomic E-state index is -0.638. The second kappa shape index (κ2) is 5.62. The molecule has 2 aliphatic rings. The zero-order valence-electron chi connectivity index (χ0n) is 11.8. The van der Waals surface area contributed by atoms with Gasteiger partial charge in [0, 0.05) is 35.8 Å². The highest BCUT2D eigenvalue weighted by Crippen LogP contribution is 2.37. The second-order valence-electron chi connectivity index (χ2n) is 6.03. The number of nitrogens with zero attached hydrogens (tertiary/aromatic N) is 2. The average Bonchev–Trinajstić information content (AvgIpc) is 2.88. The molecule has 0 aliphatic carbocycles. The van der Waals surface area contributed by atoms with Crippen molar-refractivity contribution in [2.45, 2.75) is 37.8 Å². The first-order valence-corrected chi connectivity index (χ1v) is 8.05. The highest BCUT2D eigenvalue weighted by atomic mass is 79.9. The van der Waals surface area contributed by atoms with Gasteiger partial charge in [-0.2, -0.15) is 0 Å². The van der Waals surface area contributed by atoms with Gasteiger partial charge in [-0.3, -0.25) is 0 Å². The number of halogens is 1. The zero-order valence-corrected chi connectivity index (χ0v) is 13.3. The molecule has 1 aromatic rings. The van der Waals surface area contributed by atoms with Crippen LogP contribution in [0.25, 0.3) is 0 Å². The molecule has 0 spiro atoms. The molecule has 1 aromatic heterocycles. The lowest BCUT2D eigenvalue weighted by Gasteiger charge is -2.43. The zero-order chi connectivity index (χ0) is 14.2. The number of hydrogen-bond acceptors (Lipinski definition) is 4. The molecule has 3 atom stereocenters. The minimum Gasteiger partial charge on any atom is -0.390 e. The number of aliphatic hydroxyl groups is 1. The van der Waals surface area contributed by atoms with E-state index in [0.717, 1.165) is 36.1 Å². The molecule has 0 unspecified atom stereocenters. The van der Waals surface area contributed by atoms with Crippen LogP contribution >= 0.6 is 15.9 Å². The average molecular weight is 341 g/mol. The fourth-order valence-corrected chi connectivity index (χ4v) is 3.65. The normalized spacial score (nSPS) is 34.5. The molecular weight excluding hydrogens is 320 g/mol. The molecule has 0 radical (unpaired) electrons. The summed E-state index contributed by atoms with van der Waals surface area (Å²) in [6, 6.07) is 4.38. The van der Waals surface area contributed by atoms with Crippen molar-refractivity contribution >= 4 is 21.7 Å². The molecule has 2 fully saturated rings. The van der Waals surface area contributed by atoms with Crippen molar-refractivity contribution in [2.75, 3.05) is 24.7 Å². The van der Waals surface area contributed by atoms with Crippen molar-refractivity contribution in [1.29, 1.82) is 0 Å². The lowest BCUT2D eigenvalue weighted by Crippen LogP contribution is -2.52. The number of pyridine rings is 1. The summed E-state index contributed by atoms with van der Waals surface area (Å²) in [7, 11) is 0. The van der Waals surface area contributed by atoms with Crippen LogP contribution in [0.2, 0.25) is 0 Å². The third-order valence-electron chi connectivity index (χ3n) is 4.62. The van der Waals surface area contributed by atoms with Crippen molar-refractivity contribution in [3.05, 3.63) is 22.8 Å². The second-order valence-corrected chi connectivity index (χ2v) is 6.94. The molecule has 0 bridgehead atoms. The van der Waals surface area contributed by atoms with Gasteiger partial charge in [-0.25, -0.2) is 4.98 Å². The van der Waals surface area contributed by atoms with E-state index in [2.05, 4.69) is 25.8 Å². The molecule has 20 heavy (non-hydrogen) atoms. The van der Waals surface area contributed by atoms with Crippen LogP contribution in [-0.4, -0.2) is 41.5 Å². The Labute approximate surface area is 128 Å². The maximum absolute atomic E-state index is 10.7. The number of anilines is 1. The summed E-state index contributed by atoms with van der Waals surface area (Å²) in [5, 5.41) is 10.7. The van der Waals surface area contributed by atoms with Crippen LogP contribution in [0.15, 0.2) is 22.8 Å². The molecule has 1 N–H and O–H groups in total. The first kappa shape index (κ1) is 14.3. The van der Waals surface area contributed by atoms with Gasteiger partial charge in [-0.05, 0) is 54.2 Å². The third-order valence-corrected chi connectivity index (χ3v) is 5.09. The van der Waals surface area contributed by atoms with E-state index in [-0.39, 0.29) is 5.92 Å². The van der Waals surface area contributed by atoms with E-state index in [1.165, 1.54) is 0 Å². The van der Waals surface area contributed by atoms with E-state index < -0.39 is 5.60 Å². The highest BCUT2D eigenvalue weighted by Gasteiger charge is 2.44.